The Bertz CT molecular complexity index is 798. The Balaban J connectivity index is 1.81. The molecular weight excluding hydrogens is 336 g/mol. The van der Waals surface area contributed by atoms with Crippen LogP contribution in [0.25, 0.3) is 5.69 Å². The molecule has 0 spiro atoms. The fourth-order valence-corrected chi connectivity index (χ4v) is 4.04. The van der Waals surface area contributed by atoms with Crippen molar-refractivity contribution >= 4 is 21.4 Å². The van der Waals surface area contributed by atoms with Crippen LogP contribution in [0.15, 0.2) is 29.4 Å². The number of benzene rings is 1. The van der Waals surface area contributed by atoms with Crippen LogP contribution >= 0.6 is 11.6 Å². The highest BCUT2D eigenvalue weighted by Gasteiger charge is 2.24. The van der Waals surface area contributed by atoms with Gasteiger partial charge in [-0.15, -0.1) is 5.10 Å². The summed E-state index contributed by atoms with van der Waals surface area (Å²) < 4.78 is 26.4. The maximum atomic E-state index is 12.5. The molecule has 0 N–H and O–H groups in total. The van der Waals surface area contributed by atoms with Crippen LogP contribution in [0.4, 0.5) is 0 Å². The fourth-order valence-electron chi connectivity index (χ4n) is 2.70. The van der Waals surface area contributed by atoms with Gasteiger partial charge in [0.2, 0.25) is 9.84 Å². The van der Waals surface area contributed by atoms with Gasteiger partial charge in [-0.1, -0.05) is 17.7 Å². The zero-order chi connectivity index (χ0) is 16.4. The molecule has 0 bridgehead atoms. The number of likely N-dealkylation sites (tertiary alicyclic amines) is 1. The maximum absolute atomic E-state index is 12.5. The SMILES string of the molecule is Cc1nc(S(=O)(=O)CCN2CCCC2)nn1-c1cccc(Cl)c1. The minimum absolute atomic E-state index is 0.0476. The Labute approximate surface area is 141 Å². The number of sulfone groups is 1. The predicted molar refractivity (Wildman–Crippen MR) is 88.8 cm³/mol. The van der Waals surface area contributed by atoms with Crippen LogP contribution in [0.2, 0.25) is 5.02 Å². The van der Waals surface area contributed by atoms with Crippen LogP contribution in [-0.2, 0) is 9.84 Å². The normalized spacial score (nSPS) is 16.1. The molecule has 0 aliphatic carbocycles. The van der Waals surface area contributed by atoms with E-state index in [1.807, 2.05) is 6.07 Å². The summed E-state index contributed by atoms with van der Waals surface area (Å²) in [4.78, 5) is 6.30. The van der Waals surface area contributed by atoms with Crippen molar-refractivity contribution < 1.29 is 8.42 Å². The highest BCUT2D eigenvalue weighted by Crippen LogP contribution is 2.17. The number of hydrogen-bond donors (Lipinski definition) is 0. The van der Waals surface area contributed by atoms with Gasteiger partial charge in [0.25, 0.3) is 5.16 Å². The molecular formula is C15H19ClN4O2S. The van der Waals surface area contributed by atoms with Gasteiger partial charge in [-0.3, -0.25) is 0 Å². The Morgan fingerprint density at radius 3 is 2.70 bits per heavy atom. The lowest BCUT2D eigenvalue weighted by Gasteiger charge is -2.13. The molecule has 0 unspecified atom stereocenters. The van der Waals surface area contributed by atoms with Crippen LogP contribution in [0.1, 0.15) is 18.7 Å². The minimum atomic E-state index is -3.49. The van der Waals surface area contributed by atoms with Crippen molar-refractivity contribution in [2.75, 3.05) is 25.4 Å². The van der Waals surface area contributed by atoms with Gasteiger partial charge in [-0.2, -0.15) is 0 Å². The van der Waals surface area contributed by atoms with E-state index in [2.05, 4.69) is 15.0 Å². The third-order valence-corrected chi connectivity index (χ3v) is 5.64. The number of aryl methyl sites for hydroxylation is 1. The molecule has 124 valence electrons. The molecule has 0 atom stereocenters. The average Bonchev–Trinajstić information content (AvgIpc) is 3.15. The van der Waals surface area contributed by atoms with Crippen LogP contribution in [0.5, 0.6) is 0 Å². The molecule has 2 aromatic rings. The summed E-state index contributed by atoms with van der Waals surface area (Å²) in [5.74, 6) is 0.568. The van der Waals surface area contributed by atoms with Gasteiger partial charge in [-0.25, -0.2) is 18.1 Å². The van der Waals surface area contributed by atoms with Crippen molar-refractivity contribution in [3.05, 3.63) is 35.1 Å². The molecule has 8 heteroatoms. The van der Waals surface area contributed by atoms with Gasteiger partial charge in [0.15, 0.2) is 0 Å². The largest absolute Gasteiger partial charge is 0.302 e. The van der Waals surface area contributed by atoms with E-state index in [0.29, 0.717) is 23.1 Å². The first-order valence-corrected chi connectivity index (χ1v) is 9.63. The molecule has 1 aliphatic heterocycles. The van der Waals surface area contributed by atoms with Gasteiger partial charge < -0.3 is 4.90 Å². The second-order valence-corrected chi connectivity index (χ2v) is 8.14. The summed E-state index contributed by atoms with van der Waals surface area (Å²) in [6, 6.07) is 7.09. The van der Waals surface area contributed by atoms with Crippen molar-refractivity contribution in [3.63, 3.8) is 0 Å². The van der Waals surface area contributed by atoms with Gasteiger partial charge in [0.1, 0.15) is 5.82 Å². The molecule has 0 radical (unpaired) electrons. The molecule has 1 aliphatic rings. The molecule has 0 saturated carbocycles. The Morgan fingerprint density at radius 1 is 1.26 bits per heavy atom. The topological polar surface area (TPSA) is 68.1 Å². The number of hydrogen-bond acceptors (Lipinski definition) is 5. The van der Waals surface area contributed by atoms with Crippen LogP contribution < -0.4 is 0 Å². The summed E-state index contributed by atoms with van der Waals surface area (Å²) in [6.07, 6.45) is 2.28. The van der Waals surface area contributed by atoms with Crippen molar-refractivity contribution in [1.29, 1.82) is 0 Å². The lowest BCUT2D eigenvalue weighted by molar-refractivity contribution is 0.359. The lowest BCUT2D eigenvalue weighted by atomic mass is 10.3. The summed E-state index contributed by atoms with van der Waals surface area (Å²) >= 11 is 5.98. The van der Waals surface area contributed by atoms with Gasteiger partial charge in [-0.05, 0) is 51.1 Å². The number of aromatic nitrogens is 3. The van der Waals surface area contributed by atoms with E-state index in [1.54, 1.807) is 25.1 Å². The van der Waals surface area contributed by atoms with E-state index in [0.717, 1.165) is 25.9 Å². The zero-order valence-corrected chi connectivity index (χ0v) is 14.5. The second-order valence-electron chi connectivity index (χ2n) is 5.70. The van der Waals surface area contributed by atoms with Crippen LogP contribution in [0, 0.1) is 6.92 Å². The predicted octanol–water partition coefficient (Wildman–Crippen LogP) is 2.10. The highest BCUT2D eigenvalue weighted by atomic mass is 35.5. The molecule has 1 fully saturated rings. The highest BCUT2D eigenvalue weighted by molar-refractivity contribution is 7.91. The summed E-state index contributed by atoms with van der Waals surface area (Å²) in [5, 5.41) is 4.63. The van der Waals surface area contributed by atoms with Crippen molar-refractivity contribution in [2.45, 2.75) is 24.9 Å². The third kappa shape index (κ3) is 3.73. The fraction of sp³-hybridized carbons (Fsp3) is 0.467. The Kier molecular flexibility index (Phi) is 4.70. The quantitative estimate of drug-likeness (QED) is 0.822. The van der Waals surface area contributed by atoms with E-state index in [-0.39, 0.29) is 10.9 Å². The molecule has 1 saturated heterocycles. The molecule has 2 heterocycles. The van der Waals surface area contributed by atoms with Gasteiger partial charge in [0, 0.05) is 11.6 Å². The van der Waals surface area contributed by atoms with Gasteiger partial charge >= 0.3 is 0 Å². The first-order valence-electron chi connectivity index (χ1n) is 7.60. The van der Waals surface area contributed by atoms with E-state index in [1.165, 1.54) is 4.68 Å². The first kappa shape index (κ1) is 16.4. The maximum Gasteiger partial charge on any atom is 0.267 e. The van der Waals surface area contributed by atoms with Gasteiger partial charge in [0.05, 0.1) is 11.4 Å². The summed E-state index contributed by atoms with van der Waals surface area (Å²) in [7, 11) is -3.49. The summed E-state index contributed by atoms with van der Waals surface area (Å²) in [6.45, 7) is 4.21. The first-order chi connectivity index (χ1) is 11.0. The van der Waals surface area contributed by atoms with E-state index >= 15 is 0 Å². The molecule has 0 amide bonds. The zero-order valence-electron chi connectivity index (χ0n) is 12.9. The van der Waals surface area contributed by atoms with Crippen molar-refractivity contribution in [1.82, 2.24) is 19.7 Å². The minimum Gasteiger partial charge on any atom is -0.302 e. The molecule has 6 nitrogen and oxygen atoms in total. The standard InChI is InChI=1S/C15H19ClN4O2S/c1-12-17-15(18-20(12)14-6-4-5-13(16)11-14)23(21,22)10-9-19-7-2-3-8-19/h4-6,11H,2-3,7-10H2,1H3. The van der Waals surface area contributed by atoms with Crippen molar-refractivity contribution in [3.8, 4) is 5.69 Å². The number of nitrogens with zero attached hydrogens (tertiary/aromatic N) is 4. The van der Waals surface area contributed by atoms with Crippen molar-refractivity contribution in [2.24, 2.45) is 0 Å². The Morgan fingerprint density at radius 2 is 2.00 bits per heavy atom. The summed E-state index contributed by atoms with van der Waals surface area (Å²) in [5.41, 5.74) is 0.698. The third-order valence-electron chi connectivity index (χ3n) is 3.96. The second kappa shape index (κ2) is 6.59. The lowest BCUT2D eigenvalue weighted by Crippen LogP contribution is -2.27. The Hall–Kier alpha value is -1.44. The van der Waals surface area contributed by atoms with Crippen LogP contribution in [-0.4, -0.2) is 53.5 Å². The smallest absolute Gasteiger partial charge is 0.267 e. The van der Waals surface area contributed by atoms with E-state index in [4.69, 9.17) is 11.6 Å². The van der Waals surface area contributed by atoms with E-state index in [9.17, 15) is 8.42 Å². The molecule has 1 aromatic carbocycles. The van der Waals surface area contributed by atoms with Crippen LogP contribution in [0.3, 0.4) is 0 Å². The molecule has 3 rings (SSSR count). The molecule has 23 heavy (non-hydrogen) atoms. The number of rotatable bonds is 5. The van der Waals surface area contributed by atoms with E-state index < -0.39 is 9.84 Å². The molecule has 1 aromatic heterocycles. The monoisotopic (exact) mass is 354 g/mol. The average molecular weight is 355 g/mol. The number of halogens is 1.